The molecule has 4 rings (SSSR count). The summed E-state index contributed by atoms with van der Waals surface area (Å²) >= 11 is 1.32. The SMILES string of the molecule is C=CC(=O)N1Cc2ccc(NC(=O)c3sc(-c4ccccn4)nc3C)cc2C1. The van der Waals surface area contributed by atoms with Gasteiger partial charge in [-0.05, 0) is 48.4 Å². The van der Waals surface area contributed by atoms with Gasteiger partial charge in [0.25, 0.3) is 5.91 Å². The molecule has 2 amide bonds. The molecule has 0 atom stereocenters. The van der Waals surface area contributed by atoms with E-state index in [0.717, 1.165) is 21.8 Å². The first-order valence-corrected chi connectivity index (χ1v) is 9.60. The van der Waals surface area contributed by atoms with Crippen molar-refractivity contribution in [2.45, 2.75) is 20.0 Å². The summed E-state index contributed by atoms with van der Waals surface area (Å²) in [6.45, 7) is 6.44. The van der Waals surface area contributed by atoms with Crippen molar-refractivity contribution in [2.24, 2.45) is 0 Å². The highest BCUT2D eigenvalue weighted by atomic mass is 32.1. The maximum atomic E-state index is 12.8. The van der Waals surface area contributed by atoms with Gasteiger partial charge in [-0.1, -0.05) is 18.7 Å². The van der Waals surface area contributed by atoms with Gasteiger partial charge in [0.1, 0.15) is 9.88 Å². The number of anilines is 1. The normalized spacial score (nSPS) is 12.5. The van der Waals surface area contributed by atoms with E-state index in [2.05, 4.69) is 21.9 Å². The summed E-state index contributed by atoms with van der Waals surface area (Å²) in [4.78, 5) is 35.6. The van der Waals surface area contributed by atoms with Gasteiger partial charge in [0.05, 0.1) is 11.4 Å². The Morgan fingerprint density at radius 1 is 1.21 bits per heavy atom. The summed E-state index contributed by atoms with van der Waals surface area (Å²) in [5.41, 5.74) is 4.23. The van der Waals surface area contributed by atoms with E-state index in [0.29, 0.717) is 29.3 Å². The zero-order valence-electron chi connectivity index (χ0n) is 15.3. The van der Waals surface area contributed by atoms with Crippen molar-refractivity contribution in [1.82, 2.24) is 14.9 Å². The number of benzene rings is 1. The third kappa shape index (κ3) is 3.44. The molecular formula is C21H18N4O2S. The Labute approximate surface area is 166 Å². The molecule has 3 heterocycles. The minimum absolute atomic E-state index is 0.0934. The number of fused-ring (bicyclic) bond motifs is 1. The summed E-state index contributed by atoms with van der Waals surface area (Å²) in [5.74, 6) is -0.293. The van der Waals surface area contributed by atoms with Crippen LogP contribution in [0, 0.1) is 6.92 Å². The summed E-state index contributed by atoms with van der Waals surface area (Å²) in [6, 6.07) is 11.3. The van der Waals surface area contributed by atoms with Crippen molar-refractivity contribution in [2.75, 3.05) is 5.32 Å². The van der Waals surface area contributed by atoms with Crippen molar-refractivity contribution in [1.29, 1.82) is 0 Å². The Kier molecular flexibility index (Phi) is 4.75. The summed E-state index contributed by atoms with van der Waals surface area (Å²) in [5, 5.41) is 3.66. The molecule has 28 heavy (non-hydrogen) atoms. The van der Waals surface area contributed by atoms with Gasteiger partial charge in [0, 0.05) is 25.0 Å². The fourth-order valence-electron chi connectivity index (χ4n) is 3.15. The minimum Gasteiger partial charge on any atom is -0.331 e. The number of nitrogens with one attached hydrogen (secondary N) is 1. The molecule has 1 aliphatic heterocycles. The minimum atomic E-state index is -0.200. The van der Waals surface area contributed by atoms with Gasteiger partial charge in [-0.25, -0.2) is 4.98 Å². The Bertz CT molecular complexity index is 1080. The summed E-state index contributed by atoms with van der Waals surface area (Å²) in [7, 11) is 0. The first-order chi connectivity index (χ1) is 13.5. The van der Waals surface area contributed by atoms with Crippen LogP contribution in [0.25, 0.3) is 10.7 Å². The van der Waals surface area contributed by atoms with Crippen molar-refractivity contribution < 1.29 is 9.59 Å². The topological polar surface area (TPSA) is 75.2 Å². The zero-order valence-corrected chi connectivity index (χ0v) is 16.1. The number of hydrogen-bond acceptors (Lipinski definition) is 5. The third-order valence-corrected chi connectivity index (χ3v) is 5.74. The molecule has 0 fully saturated rings. The average Bonchev–Trinajstić information content (AvgIpc) is 3.31. The van der Waals surface area contributed by atoms with Crippen molar-refractivity contribution in [3.63, 3.8) is 0 Å². The molecule has 6 nitrogen and oxygen atoms in total. The molecule has 3 aromatic rings. The van der Waals surface area contributed by atoms with Crippen LogP contribution in [0.4, 0.5) is 5.69 Å². The van der Waals surface area contributed by atoms with Crippen LogP contribution in [0.1, 0.15) is 26.5 Å². The van der Waals surface area contributed by atoms with E-state index in [9.17, 15) is 9.59 Å². The van der Waals surface area contributed by atoms with Crippen LogP contribution in [0.15, 0.2) is 55.3 Å². The van der Waals surface area contributed by atoms with E-state index in [1.807, 2.05) is 43.3 Å². The van der Waals surface area contributed by atoms with Gasteiger partial charge in [-0.2, -0.15) is 0 Å². The molecule has 7 heteroatoms. The van der Waals surface area contributed by atoms with Crippen LogP contribution < -0.4 is 5.32 Å². The number of amides is 2. The first-order valence-electron chi connectivity index (χ1n) is 8.78. The van der Waals surface area contributed by atoms with Gasteiger partial charge in [0.15, 0.2) is 0 Å². The Morgan fingerprint density at radius 3 is 2.79 bits per heavy atom. The molecule has 1 N–H and O–H groups in total. The largest absolute Gasteiger partial charge is 0.331 e. The van der Waals surface area contributed by atoms with Crippen LogP contribution in [-0.4, -0.2) is 26.7 Å². The zero-order chi connectivity index (χ0) is 19.7. The highest BCUT2D eigenvalue weighted by Gasteiger charge is 2.23. The maximum absolute atomic E-state index is 12.8. The molecule has 0 bridgehead atoms. The quantitative estimate of drug-likeness (QED) is 0.688. The average molecular weight is 390 g/mol. The maximum Gasteiger partial charge on any atom is 0.267 e. The summed E-state index contributed by atoms with van der Waals surface area (Å²) < 4.78 is 0. The van der Waals surface area contributed by atoms with E-state index in [4.69, 9.17) is 0 Å². The Hall–Kier alpha value is -3.32. The molecule has 2 aromatic heterocycles. The number of aryl methyl sites for hydroxylation is 1. The monoisotopic (exact) mass is 390 g/mol. The second-order valence-electron chi connectivity index (χ2n) is 6.48. The van der Waals surface area contributed by atoms with Crippen LogP contribution in [-0.2, 0) is 17.9 Å². The number of nitrogens with zero attached hydrogens (tertiary/aromatic N) is 3. The summed E-state index contributed by atoms with van der Waals surface area (Å²) in [6.07, 6.45) is 3.02. The highest BCUT2D eigenvalue weighted by Crippen LogP contribution is 2.29. The second-order valence-corrected chi connectivity index (χ2v) is 7.48. The molecule has 0 aliphatic carbocycles. The second kappa shape index (κ2) is 7.36. The number of carbonyl (C=O) groups excluding carboxylic acids is 2. The van der Waals surface area contributed by atoms with Gasteiger partial charge in [0.2, 0.25) is 5.91 Å². The van der Waals surface area contributed by atoms with Crippen LogP contribution >= 0.6 is 11.3 Å². The smallest absolute Gasteiger partial charge is 0.267 e. The third-order valence-electron chi connectivity index (χ3n) is 4.56. The number of pyridine rings is 1. The predicted molar refractivity (Wildman–Crippen MR) is 109 cm³/mol. The fourth-order valence-corrected chi connectivity index (χ4v) is 4.09. The highest BCUT2D eigenvalue weighted by molar-refractivity contribution is 7.17. The fraction of sp³-hybridized carbons (Fsp3) is 0.143. The molecule has 0 radical (unpaired) electrons. The van der Waals surface area contributed by atoms with Crippen molar-refractivity contribution in [3.8, 4) is 10.7 Å². The molecule has 1 aromatic carbocycles. The predicted octanol–water partition coefficient (Wildman–Crippen LogP) is 3.79. The Morgan fingerprint density at radius 2 is 2.04 bits per heavy atom. The van der Waals surface area contributed by atoms with Gasteiger partial charge >= 0.3 is 0 Å². The lowest BCUT2D eigenvalue weighted by Crippen LogP contribution is -2.22. The number of rotatable bonds is 4. The Balaban J connectivity index is 1.52. The van der Waals surface area contributed by atoms with E-state index in [1.54, 1.807) is 11.1 Å². The number of hydrogen-bond donors (Lipinski definition) is 1. The first kappa shape index (κ1) is 18.1. The van der Waals surface area contributed by atoms with Gasteiger partial charge in [-0.3, -0.25) is 14.6 Å². The van der Waals surface area contributed by atoms with Crippen LogP contribution in [0.3, 0.4) is 0 Å². The van der Waals surface area contributed by atoms with E-state index >= 15 is 0 Å². The van der Waals surface area contributed by atoms with E-state index in [1.165, 1.54) is 17.4 Å². The van der Waals surface area contributed by atoms with Crippen LogP contribution in [0.2, 0.25) is 0 Å². The number of carbonyl (C=O) groups is 2. The molecule has 0 spiro atoms. The molecular weight excluding hydrogens is 372 g/mol. The molecule has 0 saturated carbocycles. The molecule has 0 saturated heterocycles. The molecule has 1 aliphatic rings. The lowest BCUT2D eigenvalue weighted by Gasteiger charge is -2.11. The lowest BCUT2D eigenvalue weighted by molar-refractivity contribution is -0.126. The number of aromatic nitrogens is 2. The molecule has 140 valence electrons. The number of thiazole rings is 1. The lowest BCUT2D eigenvalue weighted by atomic mass is 10.1. The van der Waals surface area contributed by atoms with Gasteiger partial charge < -0.3 is 10.2 Å². The van der Waals surface area contributed by atoms with Crippen LogP contribution in [0.5, 0.6) is 0 Å². The van der Waals surface area contributed by atoms with E-state index in [-0.39, 0.29) is 11.8 Å². The van der Waals surface area contributed by atoms with Gasteiger partial charge in [-0.15, -0.1) is 11.3 Å². The standard InChI is InChI=1S/C21H18N4O2S/c1-3-18(26)25-11-14-7-8-16(10-15(14)12-25)24-20(27)19-13(2)23-21(28-19)17-6-4-5-9-22-17/h3-10H,1,11-12H2,2H3,(H,24,27). The van der Waals surface area contributed by atoms with Crippen molar-refractivity contribution in [3.05, 3.63) is 76.9 Å². The molecule has 0 unspecified atom stereocenters. The van der Waals surface area contributed by atoms with E-state index < -0.39 is 0 Å². The van der Waals surface area contributed by atoms with Crippen molar-refractivity contribution >= 4 is 28.8 Å².